The summed E-state index contributed by atoms with van der Waals surface area (Å²) in [6, 6.07) is 12.9. The molecule has 2 heterocycles. The van der Waals surface area contributed by atoms with Crippen molar-refractivity contribution in [3.05, 3.63) is 65.7 Å². The number of carbonyl (C=O) groups excluding carboxylic acids is 2. The lowest BCUT2D eigenvalue weighted by Gasteiger charge is -2.31. The zero-order valence-electron chi connectivity index (χ0n) is 16.6. The number of aromatic amines is 1. The number of benzene rings is 2. The summed E-state index contributed by atoms with van der Waals surface area (Å²) in [6.45, 7) is 2.83. The number of nitrogens with zero attached hydrogens (tertiary/aromatic N) is 3. The van der Waals surface area contributed by atoms with Crippen molar-refractivity contribution in [1.82, 2.24) is 20.1 Å². The van der Waals surface area contributed by atoms with Crippen LogP contribution in [0.2, 0.25) is 0 Å². The predicted octanol–water partition coefficient (Wildman–Crippen LogP) is 3.41. The summed E-state index contributed by atoms with van der Waals surface area (Å²) >= 11 is 0. The Morgan fingerprint density at radius 1 is 1.07 bits per heavy atom. The number of carbonyl (C=O) groups is 2. The summed E-state index contributed by atoms with van der Waals surface area (Å²) in [6.07, 6.45) is 1.18. The third-order valence-corrected chi connectivity index (χ3v) is 5.25. The Hall–Kier alpha value is -3.55. The van der Waals surface area contributed by atoms with E-state index in [9.17, 15) is 14.0 Å². The average Bonchev–Trinajstić information content (AvgIpc) is 3.21. The second kappa shape index (κ2) is 8.44. The van der Waals surface area contributed by atoms with Crippen LogP contribution in [0.15, 0.2) is 48.5 Å². The molecule has 1 saturated heterocycles. The van der Waals surface area contributed by atoms with Crippen molar-refractivity contribution in [3.63, 3.8) is 0 Å². The van der Waals surface area contributed by atoms with Crippen molar-refractivity contribution in [2.45, 2.75) is 19.8 Å². The number of anilines is 1. The Morgan fingerprint density at radius 2 is 1.73 bits per heavy atom. The van der Waals surface area contributed by atoms with Gasteiger partial charge in [0.25, 0.3) is 5.91 Å². The minimum atomic E-state index is -0.370. The van der Waals surface area contributed by atoms with Gasteiger partial charge in [0.1, 0.15) is 11.6 Å². The maximum Gasteiger partial charge on any atom is 0.253 e. The van der Waals surface area contributed by atoms with Crippen molar-refractivity contribution >= 4 is 17.5 Å². The fraction of sp³-hybridized carbons (Fsp3) is 0.273. The van der Waals surface area contributed by atoms with E-state index in [0.717, 1.165) is 11.4 Å². The van der Waals surface area contributed by atoms with Crippen LogP contribution in [-0.2, 0) is 4.79 Å². The first kappa shape index (κ1) is 19.8. The van der Waals surface area contributed by atoms with Gasteiger partial charge in [-0.25, -0.2) is 9.37 Å². The van der Waals surface area contributed by atoms with Gasteiger partial charge < -0.3 is 10.2 Å². The summed E-state index contributed by atoms with van der Waals surface area (Å²) in [5, 5.41) is 9.87. The van der Waals surface area contributed by atoms with Gasteiger partial charge in [-0.1, -0.05) is 0 Å². The van der Waals surface area contributed by atoms with E-state index in [2.05, 4.69) is 20.5 Å². The molecule has 1 fully saturated rings. The number of aryl methyl sites for hydroxylation is 1. The van der Waals surface area contributed by atoms with E-state index in [1.165, 1.54) is 24.3 Å². The van der Waals surface area contributed by atoms with Gasteiger partial charge >= 0.3 is 0 Å². The molecule has 2 N–H and O–H groups in total. The number of likely N-dealkylation sites (tertiary alicyclic amines) is 1. The Labute approximate surface area is 173 Å². The molecular weight excluding hydrogens is 385 g/mol. The van der Waals surface area contributed by atoms with Crippen LogP contribution in [0.5, 0.6) is 0 Å². The Balaban J connectivity index is 1.31. The molecule has 0 saturated carbocycles. The summed E-state index contributed by atoms with van der Waals surface area (Å²) in [5.74, 6) is 0.649. The average molecular weight is 407 g/mol. The van der Waals surface area contributed by atoms with Crippen LogP contribution in [0.3, 0.4) is 0 Å². The SMILES string of the molecule is Cc1nc(-c2ccc(NC(=O)C3CCN(C(=O)c4ccc(F)cc4)CC3)cc2)n[nH]1. The molecule has 2 amide bonds. The number of hydrogen-bond acceptors (Lipinski definition) is 4. The second-order valence-corrected chi connectivity index (χ2v) is 7.38. The number of amides is 2. The van der Waals surface area contributed by atoms with Crippen molar-refractivity contribution < 1.29 is 14.0 Å². The van der Waals surface area contributed by atoms with Gasteiger partial charge in [0.05, 0.1) is 0 Å². The molecule has 1 aromatic heterocycles. The number of hydrogen-bond donors (Lipinski definition) is 2. The molecule has 0 bridgehead atoms. The normalized spacial score (nSPS) is 14.5. The number of aromatic nitrogens is 3. The number of rotatable bonds is 4. The Morgan fingerprint density at radius 3 is 2.33 bits per heavy atom. The van der Waals surface area contributed by atoms with Crippen molar-refractivity contribution in [2.75, 3.05) is 18.4 Å². The maximum absolute atomic E-state index is 13.0. The van der Waals surface area contributed by atoms with Gasteiger partial charge in [0, 0.05) is 35.8 Å². The highest BCUT2D eigenvalue weighted by Gasteiger charge is 2.28. The molecular formula is C22H22FN5O2. The van der Waals surface area contributed by atoms with Crippen LogP contribution in [0.4, 0.5) is 10.1 Å². The third kappa shape index (κ3) is 4.37. The van der Waals surface area contributed by atoms with Crippen LogP contribution < -0.4 is 5.32 Å². The summed E-state index contributed by atoms with van der Waals surface area (Å²) in [7, 11) is 0. The van der Waals surface area contributed by atoms with Crippen molar-refractivity contribution in [2.24, 2.45) is 5.92 Å². The predicted molar refractivity (Wildman–Crippen MR) is 110 cm³/mol. The number of nitrogens with one attached hydrogen (secondary N) is 2. The van der Waals surface area contributed by atoms with E-state index in [-0.39, 0.29) is 23.5 Å². The largest absolute Gasteiger partial charge is 0.339 e. The van der Waals surface area contributed by atoms with E-state index in [0.29, 0.717) is 43.0 Å². The van der Waals surface area contributed by atoms with E-state index in [1.54, 1.807) is 4.90 Å². The highest BCUT2D eigenvalue weighted by atomic mass is 19.1. The molecule has 154 valence electrons. The molecule has 2 aromatic carbocycles. The minimum Gasteiger partial charge on any atom is -0.339 e. The number of piperidine rings is 1. The first-order valence-corrected chi connectivity index (χ1v) is 9.85. The minimum absolute atomic E-state index is 0.0506. The van der Waals surface area contributed by atoms with Crippen molar-refractivity contribution in [3.8, 4) is 11.4 Å². The lowest BCUT2D eigenvalue weighted by Crippen LogP contribution is -2.41. The van der Waals surface area contributed by atoms with E-state index in [4.69, 9.17) is 0 Å². The van der Waals surface area contributed by atoms with Gasteiger partial charge in [0.2, 0.25) is 5.91 Å². The van der Waals surface area contributed by atoms with Crippen LogP contribution in [0.1, 0.15) is 29.0 Å². The molecule has 0 radical (unpaired) electrons. The highest BCUT2D eigenvalue weighted by Crippen LogP contribution is 2.22. The molecule has 0 spiro atoms. The summed E-state index contributed by atoms with van der Waals surface area (Å²) < 4.78 is 13.0. The molecule has 0 atom stereocenters. The molecule has 4 rings (SSSR count). The van der Waals surface area contributed by atoms with Crippen LogP contribution in [0.25, 0.3) is 11.4 Å². The molecule has 1 aliphatic heterocycles. The highest BCUT2D eigenvalue weighted by molar-refractivity contribution is 5.95. The Kier molecular flexibility index (Phi) is 5.56. The van der Waals surface area contributed by atoms with Gasteiger partial charge in [-0.05, 0) is 68.3 Å². The van der Waals surface area contributed by atoms with E-state index < -0.39 is 0 Å². The fourth-order valence-corrected chi connectivity index (χ4v) is 3.54. The maximum atomic E-state index is 13.0. The van der Waals surface area contributed by atoms with Crippen LogP contribution >= 0.6 is 0 Å². The zero-order chi connectivity index (χ0) is 21.1. The van der Waals surface area contributed by atoms with Crippen molar-refractivity contribution in [1.29, 1.82) is 0 Å². The smallest absolute Gasteiger partial charge is 0.253 e. The first-order valence-electron chi connectivity index (χ1n) is 9.85. The summed E-state index contributed by atoms with van der Waals surface area (Å²) in [5.41, 5.74) is 2.03. The molecule has 3 aromatic rings. The lowest BCUT2D eigenvalue weighted by atomic mass is 9.95. The molecule has 0 unspecified atom stereocenters. The molecule has 30 heavy (non-hydrogen) atoms. The molecule has 7 nitrogen and oxygen atoms in total. The van der Waals surface area contributed by atoms with Crippen LogP contribution in [0, 0.1) is 18.7 Å². The zero-order valence-corrected chi connectivity index (χ0v) is 16.6. The lowest BCUT2D eigenvalue weighted by molar-refractivity contribution is -0.121. The molecule has 8 heteroatoms. The molecule has 1 aliphatic rings. The second-order valence-electron chi connectivity index (χ2n) is 7.38. The van der Waals surface area contributed by atoms with Gasteiger partial charge in [-0.2, -0.15) is 5.10 Å². The first-order chi connectivity index (χ1) is 14.5. The van der Waals surface area contributed by atoms with Crippen LogP contribution in [-0.4, -0.2) is 45.0 Å². The monoisotopic (exact) mass is 407 g/mol. The van der Waals surface area contributed by atoms with Gasteiger partial charge in [-0.15, -0.1) is 0 Å². The van der Waals surface area contributed by atoms with E-state index in [1.807, 2.05) is 31.2 Å². The van der Waals surface area contributed by atoms with Gasteiger partial charge in [0.15, 0.2) is 5.82 Å². The topological polar surface area (TPSA) is 91.0 Å². The Bertz CT molecular complexity index is 1040. The standard InChI is InChI=1S/C22H22FN5O2/c1-14-24-20(27-26-14)15-4-8-19(9-5-15)25-21(29)16-10-12-28(13-11-16)22(30)17-2-6-18(23)7-3-17/h2-9,16H,10-13H2,1H3,(H,25,29)(H,24,26,27). The summed E-state index contributed by atoms with van der Waals surface area (Å²) in [4.78, 5) is 31.1. The van der Waals surface area contributed by atoms with E-state index >= 15 is 0 Å². The third-order valence-electron chi connectivity index (χ3n) is 5.25. The fourth-order valence-electron chi connectivity index (χ4n) is 3.54. The van der Waals surface area contributed by atoms with Gasteiger partial charge in [-0.3, -0.25) is 14.7 Å². The number of halogens is 1. The molecule has 0 aliphatic carbocycles. The quantitative estimate of drug-likeness (QED) is 0.693. The number of H-pyrrole nitrogens is 1.